The van der Waals surface area contributed by atoms with Crippen LogP contribution in [0.3, 0.4) is 0 Å². The highest BCUT2D eigenvalue weighted by molar-refractivity contribution is 5.52. The van der Waals surface area contributed by atoms with E-state index in [4.69, 9.17) is 4.42 Å². The molecule has 124 valence electrons. The molecule has 0 radical (unpaired) electrons. The zero-order valence-electron chi connectivity index (χ0n) is 13.4. The second-order valence-electron chi connectivity index (χ2n) is 6.46. The lowest BCUT2D eigenvalue weighted by atomic mass is 9.86. The third-order valence-electron chi connectivity index (χ3n) is 4.49. The number of aliphatic hydroxyl groups is 1. The van der Waals surface area contributed by atoms with Gasteiger partial charge in [0, 0.05) is 18.7 Å². The third kappa shape index (κ3) is 4.18. The number of hydrogen-bond acceptors (Lipinski definition) is 4. The van der Waals surface area contributed by atoms with Crippen LogP contribution < -0.4 is 0 Å². The minimum atomic E-state index is -0.272. The van der Waals surface area contributed by atoms with Crippen molar-refractivity contribution in [2.75, 3.05) is 13.6 Å². The lowest BCUT2D eigenvalue weighted by Gasteiger charge is -2.30. The van der Waals surface area contributed by atoms with E-state index in [1.807, 2.05) is 7.05 Å². The molecule has 1 heterocycles. The average molecular weight is 318 g/mol. The van der Waals surface area contributed by atoms with Gasteiger partial charge in [-0.15, -0.1) is 0 Å². The number of oxazole rings is 1. The van der Waals surface area contributed by atoms with Crippen molar-refractivity contribution >= 4 is 0 Å². The zero-order chi connectivity index (χ0) is 16.2. The molecule has 1 saturated carbocycles. The fraction of sp³-hybridized carbons (Fsp3) is 0.500. The Hall–Kier alpha value is -1.72. The highest BCUT2D eigenvalue weighted by Crippen LogP contribution is 2.25. The maximum atomic E-state index is 13.0. The summed E-state index contributed by atoms with van der Waals surface area (Å²) in [5.74, 6) is 0.578. The minimum Gasteiger partial charge on any atom is -0.444 e. The van der Waals surface area contributed by atoms with Gasteiger partial charge in [-0.1, -0.05) is 12.8 Å². The van der Waals surface area contributed by atoms with Crippen molar-refractivity contribution in [3.8, 4) is 11.5 Å². The first kappa shape index (κ1) is 16.1. The summed E-state index contributed by atoms with van der Waals surface area (Å²) in [6.45, 7) is 1.54. The van der Waals surface area contributed by atoms with Crippen LogP contribution in [0.1, 0.15) is 31.4 Å². The van der Waals surface area contributed by atoms with Crippen molar-refractivity contribution < 1.29 is 13.9 Å². The molecule has 1 aliphatic carbocycles. The summed E-state index contributed by atoms with van der Waals surface area (Å²) < 4.78 is 18.4. The molecule has 0 saturated heterocycles. The summed E-state index contributed by atoms with van der Waals surface area (Å²) in [4.78, 5) is 6.64. The summed E-state index contributed by atoms with van der Waals surface area (Å²) >= 11 is 0. The third-order valence-corrected chi connectivity index (χ3v) is 4.49. The average Bonchev–Trinajstić information content (AvgIpc) is 2.98. The lowest BCUT2D eigenvalue weighted by molar-refractivity contribution is 0.0500. The van der Waals surface area contributed by atoms with Gasteiger partial charge in [0.1, 0.15) is 12.1 Å². The van der Waals surface area contributed by atoms with Crippen molar-refractivity contribution in [1.82, 2.24) is 9.88 Å². The molecule has 23 heavy (non-hydrogen) atoms. The number of benzene rings is 1. The topological polar surface area (TPSA) is 49.5 Å². The molecule has 2 unspecified atom stereocenters. The smallest absolute Gasteiger partial charge is 0.226 e. The zero-order valence-corrected chi connectivity index (χ0v) is 13.4. The van der Waals surface area contributed by atoms with Gasteiger partial charge in [0.2, 0.25) is 5.89 Å². The number of aromatic nitrogens is 1. The molecule has 0 bridgehead atoms. The predicted octanol–water partition coefficient (Wildman–Crippen LogP) is 3.46. The molecule has 3 rings (SSSR count). The van der Waals surface area contributed by atoms with Crippen molar-refractivity contribution in [2.24, 2.45) is 5.92 Å². The van der Waals surface area contributed by atoms with Crippen LogP contribution in [0, 0.1) is 11.7 Å². The van der Waals surface area contributed by atoms with Crippen LogP contribution in [0.15, 0.2) is 34.9 Å². The Bertz CT molecular complexity index is 626. The molecule has 5 heteroatoms. The summed E-state index contributed by atoms with van der Waals surface area (Å²) in [7, 11) is 2.04. The Morgan fingerprint density at radius 3 is 2.74 bits per heavy atom. The van der Waals surface area contributed by atoms with Gasteiger partial charge in [-0.05, 0) is 50.1 Å². The Labute approximate surface area is 136 Å². The number of halogens is 1. The quantitative estimate of drug-likeness (QED) is 0.917. The van der Waals surface area contributed by atoms with E-state index in [-0.39, 0.29) is 11.9 Å². The van der Waals surface area contributed by atoms with Crippen molar-refractivity contribution in [3.05, 3.63) is 42.0 Å². The number of rotatable bonds is 5. The summed E-state index contributed by atoms with van der Waals surface area (Å²) in [6.07, 6.45) is 5.80. The standard InChI is InChI=1S/C18H23FN2O2/c1-21(10-14-4-2-3-5-17(14)22)11-16-12-23-18(20-16)13-6-8-15(19)9-7-13/h6-9,12,14,17,22H,2-5,10-11H2,1H3. The molecule has 2 aromatic rings. The Balaban J connectivity index is 1.58. The Kier molecular flexibility index (Phi) is 5.08. The second kappa shape index (κ2) is 7.23. The fourth-order valence-electron chi connectivity index (χ4n) is 3.25. The predicted molar refractivity (Wildman–Crippen MR) is 86.2 cm³/mol. The second-order valence-corrected chi connectivity index (χ2v) is 6.46. The minimum absolute atomic E-state index is 0.182. The van der Waals surface area contributed by atoms with Crippen LogP contribution in [0.2, 0.25) is 0 Å². The van der Waals surface area contributed by atoms with E-state index in [1.54, 1.807) is 18.4 Å². The van der Waals surface area contributed by atoms with Crippen molar-refractivity contribution in [2.45, 2.75) is 38.3 Å². The number of nitrogens with zero attached hydrogens (tertiary/aromatic N) is 2. The maximum Gasteiger partial charge on any atom is 0.226 e. The molecule has 2 atom stereocenters. The van der Waals surface area contributed by atoms with Crippen LogP contribution in [0.25, 0.3) is 11.5 Å². The van der Waals surface area contributed by atoms with Crippen molar-refractivity contribution in [3.63, 3.8) is 0 Å². The molecule has 1 aliphatic rings. The first-order valence-electron chi connectivity index (χ1n) is 8.19. The first-order valence-corrected chi connectivity index (χ1v) is 8.19. The number of hydrogen-bond donors (Lipinski definition) is 1. The normalized spacial score (nSPS) is 21.7. The lowest BCUT2D eigenvalue weighted by Crippen LogP contribution is -2.34. The molecule has 0 spiro atoms. The summed E-state index contributed by atoms with van der Waals surface area (Å²) in [5.41, 5.74) is 1.61. The van der Waals surface area contributed by atoms with E-state index in [9.17, 15) is 9.50 Å². The largest absolute Gasteiger partial charge is 0.444 e. The van der Waals surface area contributed by atoms with Crippen molar-refractivity contribution in [1.29, 1.82) is 0 Å². The van der Waals surface area contributed by atoms with E-state index in [0.29, 0.717) is 18.4 Å². The Morgan fingerprint density at radius 2 is 2.00 bits per heavy atom. The van der Waals surface area contributed by atoms with Crippen LogP contribution in [-0.2, 0) is 6.54 Å². The highest BCUT2D eigenvalue weighted by atomic mass is 19.1. The van der Waals surface area contributed by atoms with Gasteiger partial charge in [-0.3, -0.25) is 0 Å². The highest BCUT2D eigenvalue weighted by Gasteiger charge is 2.24. The van der Waals surface area contributed by atoms with Gasteiger partial charge in [0.25, 0.3) is 0 Å². The van der Waals surface area contributed by atoms with Gasteiger partial charge in [-0.2, -0.15) is 0 Å². The van der Waals surface area contributed by atoms with Crippen LogP contribution in [0.5, 0.6) is 0 Å². The number of aliphatic hydroxyl groups excluding tert-OH is 1. The first-order chi connectivity index (χ1) is 11.1. The van der Waals surface area contributed by atoms with Gasteiger partial charge in [-0.25, -0.2) is 9.37 Å². The molecule has 1 aromatic carbocycles. The molecule has 0 aliphatic heterocycles. The van der Waals surface area contributed by atoms with Gasteiger partial charge < -0.3 is 14.4 Å². The van der Waals surface area contributed by atoms with Crippen LogP contribution in [0.4, 0.5) is 4.39 Å². The Morgan fingerprint density at radius 1 is 1.26 bits per heavy atom. The summed E-state index contributed by atoms with van der Waals surface area (Å²) in [6, 6.07) is 6.12. The molecule has 1 aromatic heterocycles. The molecule has 1 fully saturated rings. The van der Waals surface area contributed by atoms with E-state index >= 15 is 0 Å². The van der Waals surface area contributed by atoms with E-state index in [1.165, 1.54) is 18.6 Å². The molecular formula is C18H23FN2O2. The monoisotopic (exact) mass is 318 g/mol. The molecular weight excluding hydrogens is 295 g/mol. The fourth-order valence-corrected chi connectivity index (χ4v) is 3.25. The van der Waals surface area contributed by atoms with Crippen LogP contribution >= 0.6 is 0 Å². The molecule has 4 nitrogen and oxygen atoms in total. The molecule has 1 N–H and O–H groups in total. The maximum absolute atomic E-state index is 13.0. The van der Waals surface area contributed by atoms with Gasteiger partial charge in [0.05, 0.1) is 11.8 Å². The van der Waals surface area contributed by atoms with E-state index in [2.05, 4.69) is 9.88 Å². The SMILES string of the molecule is CN(Cc1coc(-c2ccc(F)cc2)n1)CC1CCCCC1O. The van der Waals surface area contributed by atoms with Gasteiger partial charge in [0.15, 0.2) is 0 Å². The molecule has 0 amide bonds. The summed E-state index contributed by atoms with van der Waals surface area (Å²) in [5, 5.41) is 10.1. The van der Waals surface area contributed by atoms with E-state index < -0.39 is 0 Å². The van der Waals surface area contributed by atoms with Crippen LogP contribution in [-0.4, -0.2) is 34.7 Å². The van der Waals surface area contributed by atoms with E-state index in [0.717, 1.165) is 37.1 Å². The van der Waals surface area contributed by atoms with Gasteiger partial charge >= 0.3 is 0 Å².